The fraction of sp³-hybridized carbons (Fsp3) is 0.184. The maximum atomic E-state index is 2.57. The molecular formula is C49H41NS. The molecule has 2 aliphatic rings. The van der Waals surface area contributed by atoms with E-state index >= 15 is 0 Å². The van der Waals surface area contributed by atoms with Gasteiger partial charge in [0.1, 0.15) is 0 Å². The number of rotatable bonds is 3. The number of hydrogen-bond donors (Lipinski definition) is 0. The predicted molar refractivity (Wildman–Crippen MR) is 221 cm³/mol. The second-order valence-corrected chi connectivity index (χ2v) is 17.3. The molecule has 248 valence electrons. The van der Waals surface area contributed by atoms with Gasteiger partial charge in [0.25, 0.3) is 0 Å². The summed E-state index contributed by atoms with van der Waals surface area (Å²) in [4.78, 5) is 2.57. The Morgan fingerprint density at radius 3 is 1.86 bits per heavy atom. The van der Waals surface area contributed by atoms with E-state index in [0.717, 1.165) is 0 Å². The first kappa shape index (κ1) is 30.6. The maximum Gasteiger partial charge on any atom is 0.0549 e. The van der Waals surface area contributed by atoms with E-state index in [1.54, 1.807) is 0 Å². The first-order valence-electron chi connectivity index (χ1n) is 18.2. The van der Waals surface area contributed by atoms with Gasteiger partial charge >= 0.3 is 0 Å². The summed E-state index contributed by atoms with van der Waals surface area (Å²) < 4.78 is 2.64. The molecule has 8 aromatic rings. The molecule has 0 aliphatic heterocycles. The van der Waals surface area contributed by atoms with Gasteiger partial charge in [0.2, 0.25) is 0 Å². The zero-order chi connectivity index (χ0) is 34.9. The molecule has 0 N–H and O–H groups in total. The molecule has 7 aromatic carbocycles. The quantitative estimate of drug-likeness (QED) is 0.180. The lowest BCUT2D eigenvalue weighted by molar-refractivity contribution is 0.299. The number of benzene rings is 7. The highest BCUT2D eigenvalue weighted by Crippen LogP contribution is 2.59. The van der Waals surface area contributed by atoms with Gasteiger partial charge in [0, 0.05) is 42.5 Å². The van der Waals surface area contributed by atoms with Gasteiger partial charge < -0.3 is 4.90 Å². The van der Waals surface area contributed by atoms with Gasteiger partial charge in [0.15, 0.2) is 0 Å². The largest absolute Gasteiger partial charge is 0.310 e. The molecule has 0 saturated heterocycles. The third-order valence-corrected chi connectivity index (χ3v) is 13.9. The van der Waals surface area contributed by atoms with Crippen molar-refractivity contribution in [1.82, 2.24) is 0 Å². The summed E-state index contributed by atoms with van der Waals surface area (Å²) in [5.74, 6) is 0. The topological polar surface area (TPSA) is 3.24 Å². The van der Waals surface area contributed by atoms with Crippen LogP contribution in [0, 0.1) is 0 Å². The zero-order valence-electron chi connectivity index (χ0n) is 30.1. The number of fused-ring (bicyclic) bond motifs is 11. The lowest BCUT2D eigenvalue weighted by Gasteiger charge is -2.48. The Balaban J connectivity index is 1.31. The lowest BCUT2D eigenvalue weighted by Crippen LogP contribution is -2.43. The van der Waals surface area contributed by atoms with Crippen molar-refractivity contribution < 1.29 is 0 Å². The van der Waals surface area contributed by atoms with Crippen LogP contribution in [0.2, 0.25) is 0 Å². The normalized spacial score (nSPS) is 16.1. The van der Waals surface area contributed by atoms with Crippen molar-refractivity contribution in [2.24, 2.45) is 0 Å². The van der Waals surface area contributed by atoms with Gasteiger partial charge in [-0.25, -0.2) is 0 Å². The fourth-order valence-corrected chi connectivity index (χ4v) is 10.6. The molecule has 0 fully saturated rings. The van der Waals surface area contributed by atoms with Gasteiger partial charge in [-0.3, -0.25) is 0 Å². The second kappa shape index (κ2) is 10.4. The molecule has 0 unspecified atom stereocenters. The van der Waals surface area contributed by atoms with E-state index in [4.69, 9.17) is 0 Å². The van der Waals surface area contributed by atoms with Crippen molar-refractivity contribution in [2.75, 3.05) is 4.90 Å². The number of thiophene rings is 1. The zero-order valence-corrected chi connectivity index (χ0v) is 31.0. The Hall–Kier alpha value is -5.18. The molecule has 0 saturated carbocycles. The molecule has 1 nitrogen and oxygen atoms in total. The van der Waals surface area contributed by atoms with E-state index in [0.29, 0.717) is 0 Å². The van der Waals surface area contributed by atoms with Crippen LogP contribution in [0.25, 0.3) is 53.2 Å². The summed E-state index contributed by atoms with van der Waals surface area (Å²) in [5, 5.41) is 5.25. The third kappa shape index (κ3) is 4.09. The van der Waals surface area contributed by atoms with Crippen molar-refractivity contribution in [3.8, 4) is 22.3 Å². The Bertz CT molecular complexity index is 2740. The van der Waals surface area contributed by atoms with Crippen LogP contribution in [-0.4, -0.2) is 0 Å². The average molecular weight is 676 g/mol. The van der Waals surface area contributed by atoms with Crippen LogP contribution in [0.1, 0.15) is 63.8 Å². The summed E-state index contributed by atoms with van der Waals surface area (Å²) in [5.41, 5.74) is 14.3. The fourth-order valence-electron chi connectivity index (χ4n) is 9.45. The highest BCUT2D eigenvalue weighted by molar-refractivity contribution is 7.25. The molecule has 0 amide bonds. The van der Waals surface area contributed by atoms with E-state index in [9.17, 15) is 0 Å². The minimum absolute atomic E-state index is 0.0524. The molecule has 2 aliphatic carbocycles. The molecule has 0 atom stereocenters. The van der Waals surface area contributed by atoms with Gasteiger partial charge in [-0.15, -0.1) is 11.3 Å². The van der Waals surface area contributed by atoms with Crippen LogP contribution >= 0.6 is 11.3 Å². The Labute approximate surface area is 304 Å². The van der Waals surface area contributed by atoms with Crippen molar-refractivity contribution in [2.45, 2.75) is 57.8 Å². The van der Waals surface area contributed by atoms with E-state index in [1.807, 2.05) is 11.3 Å². The Kier molecular flexibility index (Phi) is 6.27. The van der Waals surface area contributed by atoms with E-state index < -0.39 is 0 Å². The van der Waals surface area contributed by atoms with Crippen molar-refractivity contribution >= 4 is 59.3 Å². The molecular weight excluding hydrogens is 635 g/mol. The van der Waals surface area contributed by atoms with Crippen LogP contribution in [0.4, 0.5) is 17.1 Å². The molecule has 2 heteroatoms. The third-order valence-electron chi connectivity index (χ3n) is 12.8. The standard InChI is InChI=1S/C49H41NS/c1-47(2)39-20-12-10-19-38(39)45-42(27-30-15-7-8-16-33(30)46(45)47)50(32-24-26-37-36-18-11-14-22-43(36)51-44(37)29-32)31-23-25-35-34-17-9-13-21-40(34)48(3,4)49(5,6)41(35)28-31/h7-29H,1-6H3. The van der Waals surface area contributed by atoms with E-state index in [2.05, 4.69) is 186 Å². The molecule has 1 aromatic heterocycles. The van der Waals surface area contributed by atoms with Gasteiger partial charge in [-0.2, -0.15) is 0 Å². The summed E-state index contributed by atoms with van der Waals surface area (Å²) in [6.45, 7) is 14.5. The van der Waals surface area contributed by atoms with E-state index in [1.165, 1.54) is 92.5 Å². The molecule has 1 heterocycles. The van der Waals surface area contributed by atoms with Gasteiger partial charge in [-0.1, -0.05) is 145 Å². The van der Waals surface area contributed by atoms with Gasteiger partial charge in [0.05, 0.1) is 5.69 Å². The first-order valence-corrected chi connectivity index (χ1v) is 19.0. The van der Waals surface area contributed by atoms with E-state index in [-0.39, 0.29) is 16.2 Å². The number of anilines is 3. The minimum Gasteiger partial charge on any atom is -0.310 e. The van der Waals surface area contributed by atoms with Crippen molar-refractivity contribution in [1.29, 1.82) is 0 Å². The van der Waals surface area contributed by atoms with Crippen LogP contribution in [0.5, 0.6) is 0 Å². The summed E-state index contributed by atoms with van der Waals surface area (Å²) >= 11 is 1.89. The molecule has 51 heavy (non-hydrogen) atoms. The molecule has 10 rings (SSSR count). The number of hydrogen-bond acceptors (Lipinski definition) is 2. The average Bonchev–Trinajstić information content (AvgIpc) is 3.63. The molecule has 0 radical (unpaired) electrons. The highest BCUT2D eigenvalue weighted by Gasteiger charge is 2.46. The second-order valence-electron chi connectivity index (χ2n) is 16.2. The highest BCUT2D eigenvalue weighted by atomic mass is 32.1. The van der Waals surface area contributed by atoms with Crippen LogP contribution in [0.15, 0.2) is 140 Å². The first-order chi connectivity index (χ1) is 24.6. The Morgan fingerprint density at radius 2 is 1.04 bits per heavy atom. The summed E-state index contributed by atoms with van der Waals surface area (Å²) in [6, 6.07) is 52.7. The minimum atomic E-state index is -0.145. The molecule has 0 spiro atoms. The Morgan fingerprint density at radius 1 is 0.451 bits per heavy atom. The van der Waals surface area contributed by atoms with Crippen LogP contribution in [-0.2, 0) is 16.2 Å². The predicted octanol–water partition coefficient (Wildman–Crippen LogP) is 14.2. The smallest absolute Gasteiger partial charge is 0.0549 e. The van der Waals surface area contributed by atoms with Crippen LogP contribution in [0.3, 0.4) is 0 Å². The van der Waals surface area contributed by atoms with Crippen molar-refractivity contribution in [3.63, 3.8) is 0 Å². The van der Waals surface area contributed by atoms with Gasteiger partial charge in [-0.05, 0) is 96.9 Å². The SMILES string of the molecule is CC1(C)c2ccccc2-c2c(N(c3ccc4c(c3)C(C)(C)C(C)(C)c3ccccc3-4)c3ccc4c(c3)sc3ccccc34)cc3ccccc3c21. The summed E-state index contributed by atoms with van der Waals surface area (Å²) in [7, 11) is 0. The monoisotopic (exact) mass is 675 g/mol. The van der Waals surface area contributed by atoms with Crippen LogP contribution < -0.4 is 4.90 Å². The van der Waals surface area contributed by atoms with Crippen molar-refractivity contribution in [3.05, 3.63) is 162 Å². The maximum absolute atomic E-state index is 2.57. The lowest BCUT2D eigenvalue weighted by atomic mass is 9.55. The number of nitrogens with zero attached hydrogens (tertiary/aromatic N) is 1. The summed E-state index contributed by atoms with van der Waals surface area (Å²) in [6.07, 6.45) is 0. The molecule has 0 bridgehead atoms.